The van der Waals surface area contributed by atoms with Crippen molar-refractivity contribution < 1.29 is 4.74 Å². The molecule has 0 amide bonds. The Bertz CT molecular complexity index is 708. The Morgan fingerprint density at radius 1 is 1.11 bits per heavy atom. The van der Waals surface area contributed by atoms with E-state index in [2.05, 4.69) is 11.1 Å². The van der Waals surface area contributed by atoms with Crippen LogP contribution in [0.4, 0.5) is 0 Å². The fourth-order valence-corrected chi connectivity index (χ4v) is 2.78. The van der Waals surface area contributed by atoms with E-state index in [-0.39, 0.29) is 6.61 Å². The summed E-state index contributed by atoms with van der Waals surface area (Å²) in [6.45, 7) is 0.0699. The van der Waals surface area contributed by atoms with Crippen molar-refractivity contribution in [1.29, 1.82) is 5.26 Å². The maximum atomic E-state index is 8.46. The van der Waals surface area contributed by atoms with Gasteiger partial charge in [-0.1, -0.05) is 12.1 Å². The van der Waals surface area contributed by atoms with Gasteiger partial charge in [0.05, 0.1) is 10.2 Å². The fraction of sp³-hybridized carbons (Fsp3) is 0.0667. The molecule has 0 aliphatic heterocycles. The van der Waals surface area contributed by atoms with E-state index >= 15 is 0 Å². The minimum absolute atomic E-state index is 0.0699. The summed E-state index contributed by atoms with van der Waals surface area (Å²) in [5.74, 6) is 0.700. The highest BCUT2D eigenvalue weighted by atomic mass is 32.1. The summed E-state index contributed by atoms with van der Waals surface area (Å²) < 4.78 is 6.41. The zero-order chi connectivity index (χ0) is 13.1. The zero-order valence-electron chi connectivity index (χ0n) is 10.0. The lowest BCUT2D eigenvalue weighted by atomic mass is 10.2. The first-order valence-corrected chi connectivity index (χ1v) is 6.64. The number of ether oxygens (including phenoxy) is 1. The monoisotopic (exact) mass is 266 g/mol. The van der Waals surface area contributed by atoms with Crippen LogP contribution in [0.2, 0.25) is 0 Å². The van der Waals surface area contributed by atoms with Gasteiger partial charge < -0.3 is 4.74 Å². The van der Waals surface area contributed by atoms with E-state index in [1.54, 1.807) is 11.3 Å². The predicted molar refractivity (Wildman–Crippen MR) is 76.2 cm³/mol. The van der Waals surface area contributed by atoms with Crippen LogP contribution in [-0.4, -0.2) is 11.6 Å². The van der Waals surface area contributed by atoms with Gasteiger partial charge in [-0.05, 0) is 36.4 Å². The Morgan fingerprint density at radius 2 is 1.89 bits per heavy atom. The summed E-state index contributed by atoms with van der Waals surface area (Å²) >= 11 is 1.67. The maximum absolute atomic E-state index is 8.46. The molecule has 0 unspecified atom stereocenters. The molecule has 0 radical (unpaired) electrons. The maximum Gasteiger partial charge on any atom is 0.174 e. The van der Waals surface area contributed by atoms with Crippen LogP contribution in [0.5, 0.6) is 5.75 Å². The van der Waals surface area contributed by atoms with Crippen molar-refractivity contribution >= 4 is 21.6 Å². The van der Waals surface area contributed by atoms with Gasteiger partial charge in [0.2, 0.25) is 0 Å². The number of thiazole rings is 1. The van der Waals surface area contributed by atoms with Gasteiger partial charge in [-0.3, -0.25) is 0 Å². The molecule has 4 heteroatoms. The van der Waals surface area contributed by atoms with Crippen molar-refractivity contribution in [3.05, 3.63) is 48.5 Å². The van der Waals surface area contributed by atoms with Crippen LogP contribution < -0.4 is 4.74 Å². The lowest BCUT2D eigenvalue weighted by Crippen LogP contribution is -1.92. The Kier molecular flexibility index (Phi) is 3.13. The average Bonchev–Trinajstić information content (AvgIpc) is 2.89. The first-order valence-electron chi connectivity index (χ1n) is 5.82. The molecule has 3 nitrogen and oxygen atoms in total. The molecule has 0 spiro atoms. The zero-order valence-corrected chi connectivity index (χ0v) is 10.9. The third-order valence-electron chi connectivity index (χ3n) is 2.70. The first kappa shape index (κ1) is 11.7. The van der Waals surface area contributed by atoms with Crippen molar-refractivity contribution in [3.63, 3.8) is 0 Å². The molecule has 0 fully saturated rings. The standard InChI is InChI=1S/C15H10N2OS/c16-9-10-18-12-7-5-11(6-8-12)15-17-13-3-1-2-4-14(13)19-15/h1-8H,10H2. The number of para-hydroxylation sites is 1. The van der Waals surface area contributed by atoms with Crippen LogP contribution in [0, 0.1) is 11.3 Å². The van der Waals surface area contributed by atoms with Gasteiger partial charge in [-0.25, -0.2) is 4.98 Å². The summed E-state index contributed by atoms with van der Waals surface area (Å²) in [5.41, 5.74) is 2.08. The van der Waals surface area contributed by atoms with E-state index in [1.165, 1.54) is 4.70 Å². The number of hydrogen-bond donors (Lipinski definition) is 0. The molecule has 1 heterocycles. The Labute approximate surface area is 114 Å². The van der Waals surface area contributed by atoms with Gasteiger partial charge >= 0.3 is 0 Å². The van der Waals surface area contributed by atoms with E-state index in [4.69, 9.17) is 10.00 Å². The van der Waals surface area contributed by atoms with Crippen molar-refractivity contribution in [2.75, 3.05) is 6.61 Å². The molecule has 0 saturated heterocycles. The topological polar surface area (TPSA) is 45.9 Å². The number of fused-ring (bicyclic) bond motifs is 1. The van der Waals surface area contributed by atoms with Crippen molar-refractivity contribution in [3.8, 4) is 22.4 Å². The second-order valence-electron chi connectivity index (χ2n) is 3.96. The van der Waals surface area contributed by atoms with Crippen molar-refractivity contribution in [2.45, 2.75) is 0 Å². The molecule has 92 valence electrons. The highest BCUT2D eigenvalue weighted by molar-refractivity contribution is 7.21. The second kappa shape index (κ2) is 5.09. The summed E-state index contributed by atoms with van der Waals surface area (Å²) in [6.07, 6.45) is 0. The average molecular weight is 266 g/mol. The predicted octanol–water partition coefficient (Wildman–Crippen LogP) is 3.87. The molecule has 0 N–H and O–H groups in total. The lowest BCUT2D eigenvalue weighted by Gasteiger charge is -2.01. The van der Waals surface area contributed by atoms with Crippen LogP contribution >= 0.6 is 11.3 Å². The van der Waals surface area contributed by atoms with Crippen LogP contribution in [0.25, 0.3) is 20.8 Å². The number of hydrogen-bond acceptors (Lipinski definition) is 4. The molecule has 1 aromatic heterocycles. The quantitative estimate of drug-likeness (QED) is 0.723. The van der Waals surface area contributed by atoms with E-state index < -0.39 is 0 Å². The molecule has 0 atom stereocenters. The Balaban J connectivity index is 1.91. The van der Waals surface area contributed by atoms with Crippen molar-refractivity contribution in [1.82, 2.24) is 4.98 Å². The van der Waals surface area contributed by atoms with Gasteiger partial charge in [0.25, 0.3) is 0 Å². The van der Waals surface area contributed by atoms with E-state index in [0.717, 1.165) is 16.1 Å². The number of nitriles is 1. The number of aromatic nitrogens is 1. The normalized spacial score (nSPS) is 10.3. The second-order valence-corrected chi connectivity index (χ2v) is 4.99. The molecule has 0 bridgehead atoms. The van der Waals surface area contributed by atoms with Gasteiger partial charge in [-0.2, -0.15) is 5.26 Å². The van der Waals surface area contributed by atoms with E-state index in [1.807, 2.05) is 48.5 Å². The van der Waals surface area contributed by atoms with E-state index in [9.17, 15) is 0 Å². The molecular formula is C15H10N2OS. The van der Waals surface area contributed by atoms with Crippen LogP contribution in [0.15, 0.2) is 48.5 Å². The third-order valence-corrected chi connectivity index (χ3v) is 3.78. The Morgan fingerprint density at radius 3 is 2.63 bits per heavy atom. The molecule has 2 aromatic carbocycles. The molecule has 3 aromatic rings. The lowest BCUT2D eigenvalue weighted by molar-refractivity contribution is 0.368. The molecule has 19 heavy (non-hydrogen) atoms. The molecule has 0 saturated carbocycles. The molecular weight excluding hydrogens is 256 g/mol. The van der Waals surface area contributed by atoms with Gasteiger partial charge in [-0.15, -0.1) is 11.3 Å². The molecule has 0 aliphatic rings. The summed E-state index contributed by atoms with van der Waals surface area (Å²) in [7, 11) is 0. The third kappa shape index (κ3) is 2.42. The number of benzene rings is 2. The Hall–Kier alpha value is -2.38. The fourth-order valence-electron chi connectivity index (χ4n) is 1.81. The van der Waals surface area contributed by atoms with Crippen LogP contribution in [0.1, 0.15) is 0 Å². The minimum Gasteiger partial charge on any atom is -0.479 e. The highest BCUT2D eigenvalue weighted by Gasteiger charge is 2.05. The highest BCUT2D eigenvalue weighted by Crippen LogP contribution is 2.30. The molecule has 3 rings (SSSR count). The summed E-state index contributed by atoms with van der Waals surface area (Å²) in [6, 6.07) is 17.7. The minimum atomic E-state index is 0.0699. The summed E-state index contributed by atoms with van der Waals surface area (Å²) in [4.78, 5) is 4.60. The van der Waals surface area contributed by atoms with Gasteiger partial charge in [0.1, 0.15) is 16.8 Å². The SMILES string of the molecule is N#CCOc1ccc(-c2nc3ccccc3s2)cc1. The van der Waals surface area contributed by atoms with Crippen molar-refractivity contribution in [2.24, 2.45) is 0 Å². The van der Waals surface area contributed by atoms with Crippen LogP contribution in [0.3, 0.4) is 0 Å². The van der Waals surface area contributed by atoms with Gasteiger partial charge in [0, 0.05) is 5.56 Å². The summed E-state index contributed by atoms with van der Waals surface area (Å²) in [5, 5.41) is 9.45. The first-order chi connectivity index (χ1) is 9.36. The van der Waals surface area contributed by atoms with E-state index in [0.29, 0.717) is 5.75 Å². The number of nitrogens with zero attached hydrogens (tertiary/aromatic N) is 2. The smallest absolute Gasteiger partial charge is 0.174 e. The van der Waals surface area contributed by atoms with Gasteiger partial charge in [0.15, 0.2) is 6.61 Å². The number of rotatable bonds is 3. The molecule has 0 aliphatic carbocycles. The largest absolute Gasteiger partial charge is 0.479 e. The van der Waals surface area contributed by atoms with Crippen LogP contribution in [-0.2, 0) is 0 Å².